The van der Waals surface area contributed by atoms with Gasteiger partial charge in [0.25, 0.3) is 0 Å². The maximum Gasteiger partial charge on any atom is 0.0666 e. The molecular formula is C7H14N2S. The molecule has 0 aromatic carbocycles. The first kappa shape index (κ1) is 9.80. The van der Waals surface area contributed by atoms with E-state index in [1.807, 2.05) is 18.7 Å². The van der Waals surface area contributed by atoms with Crippen molar-refractivity contribution in [2.24, 2.45) is 5.92 Å². The molecule has 58 valence electrons. The second-order valence-electron chi connectivity index (χ2n) is 2.23. The van der Waals surface area contributed by atoms with Gasteiger partial charge >= 0.3 is 0 Å². The third-order valence-corrected chi connectivity index (χ3v) is 1.77. The highest BCUT2D eigenvalue weighted by Gasteiger charge is 1.95. The summed E-state index contributed by atoms with van der Waals surface area (Å²) in [5.41, 5.74) is 0. The summed E-state index contributed by atoms with van der Waals surface area (Å²) in [6.45, 7) is 3.75. The molecule has 10 heavy (non-hydrogen) atoms. The van der Waals surface area contributed by atoms with Crippen LogP contribution in [0.5, 0.6) is 0 Å². The fraction of sp³-hybridized carbons (Fsp3) is 0.857. The van der Waals surface area contributed by atoms with Crippen molar-refractivity contribution in [2.45, 2.75) is 6.92 Å². The average molecular weight is 158 g/mol. The highest BCUT2D eigenvalue weighted by atomic mass is 32.2. The average Bonchev–Trinajstić information content (AvgIpc) is 1.98. The second-order valence-corrected chi connectivity index (χ2v) is 3.21. The number of nitriles is 1. The van der Waals surface area contributed by atoms with E-state index in [1.165, 1.54) is 0 Å². The predicted molar refractivity (Wildman–Crippen MR) is 46.0 cm³/mol. The summed E-state index contributed by atoms with van der Waals surface area (Å²) in [6.07, 6.45) is 2.08. The first-order valence-electron chi connectivity index (χ1n) is 3.40. The van der Waals surface area contributed by atoms with Crippen molar-refractivity contribution in [2.75, 3.05) is 25.1 Å². The third kappa shape index (κ3) is 5.93. The van der Waals surface area contributed by atoms with Crippen LogP contribution in [0.1, 0.15) is 6.92 Å². The van der Waals surface area contributed by atoms with Gasteiger partial charge in [0.05, 0.1) is 12.0 Å². The molecule has 0 spiro atoms. The van der Waals surface area contributed by atoms with Crippen molar-refractivity contribution < 1.29 is 0 Å². The van der Waals surface area contributed by atoms with Crippen LogP contribution in [0.25, 0.3) is 0 Å². The molecule has 0 rings (SSSR count). The van der Waals surface area contributed by atoms with E-state index in [-0.39, 0.29) is 5.92 Å². The van der Waals surface area contributed by atoms with Crippen LogP contribution in [0.15, 0.2) is 0 Å². The molecule has 1 unspecified atom stereocenters. The van der Waals surface area contributed by atoms with Crippen LogP contribution in [-0.2, 0) is 0 Å². The Morgan fingerprint density at radius 3 is 2.90 bits per heavy atom. The monoisotopic (exact) mass is 158 g/mol. The van der Waals surface area contributed by atoms with Gasteiger partial charge in [0, 0.05) is 18.8 Å². The molecule has 0 fully saturated rings. The smallest absolute Gasteiger partial charge is 0.0666 e. The molecule has 1 atom stereocenters. The van der Waals surface area contributed by atoms with E-state index in [0.717, 1.165) is 18.8 Å². The Morgan fingerprint density at radius 2 is 2.40 bits per heavy atom. The van der Waals surface area contributed by atoms with E-state index in [0.29, 0.717) is 0 Å². The largest absolute Gasteiger partial charge is 0.315 e. The standard InChI is InChI=1S/C7H14N2S/c1-7(5-8)6-9-3-4-10-2/h7,9H,3-4,6H2,1-2H3. The highest BCUT2D eigenvalue weighted by Crippen LogP contribution is 1.90. The number of hydrogen-bond donors (Lipinski definition) is 1. The van der Waals surface area contributed by atoms with Crippen LogP contribution in [0.3, 0.4) is 0 Å². The summed E-state index contributed by atoms with van der Waals surface area (Å²) in [4.78, 5) is 0. The van der Waals surface area contributed by atoms with Crippen molar-refractivity contribution in [3.63, 3.8) is 0 Å². The van der Waals surface area contributed by atoms with Gasteiger partial charge in [-0.05, 0) is 13.2 Å². The molecule has 0 aliphatic rings. The van der Waals surface area contributed by atoms with Crippen molar-refractivity contribution >= 4 is 11.8 Å². The second kappa shape index (κ2) is 6.91. The minimum Gasteiger partial charge on any atom is -0.315 e. The quantitative estimate of drug-likeness (QED) is 0.609. The molecule has 0 saturated heterocycles. The van der Waals surface area contributed by atoms with Crippen molar-refractivity contribution in [3.05, 3.63) is 0 Å². The Balaban J connectivity index is 2.98. The van der Waals surface area contributed by atoms with Gasteiger partial charge in [-0.1, -0.05) is 0 Å². The fourth-order valence-corrected chi connectivity index (χ4v) is 0.887. The molecule has 0 aromatic rings. The molecule has 0 radical (unpaired) electrons. The number of nitrogens with one attached hydrogen (secondary N) is 1. The lowest BCUT2D eigenvalue weighted by atomic mass is 10.2. The Bertz CT molecular complexity index is 109. The minimum absolute atomic E-state index is 0.141. The van der Waals surface area contributed by atoms with Crippen LogP contribution in [-0.4, -0.2) is 25.1 Å². The van der Waals surface area contributed by atoms with Gasteiger partial charge < -0.3 is 5.32 Å². The highest BCUT2D eigenvalue weighted by molar-refractivity contribution is 7.98. The maximum absolute atomic E-state index is 8.40. The zero-order chi connectivity index (χ0) is 7.82. The summed E-state index contributed by atoms with van der Waals surface area (Å²) in [5.74, 6) is 1.26. The SMILES string of the molecule is CSCCNCC(C)C#N. The van der Waals surface area contributed by atoms with Gasteiger partial charge in [0.1, 0.15) is 0 Å². The predicted octanol–water partition coefficient (Wildman–Crippen LogP) is 1.10. The molecule has 0 bridgehead atoms. The molecule has 0 heterocycles. The number of thioether (sulfide) groups is 1. The van der Waals surface area contributed by atoms with Crippen molar-refractivity contribution in [3.8, 4) is 6.07 Å². The molecule has 0 aliphatic carbocycles. The Hall–Kier alpha value is -0.200. The first-order valence-corrected chi connectivity index (χ1v) is 4.80. The minimum atomic E-state index is 0.141. The van der Waals surface area contributed by atoms with Gasteiger partial charge in [0.2, 0.25) is 0 Å². The molecule has 0 saturated carbocycles. The summed E-state index contributed by atoms with van der Waals surface area (Å²) < 4.78 is 0. The van der Waals surface area contributed by atoms with E-state index >= 15 is 0 Å². The summed E-state index contributed by atoms with van der Waals surface area (Å²) >= 11 is 1.82. The summed E-state index contributed by atoms with van der Waals surface area (Å²) in [7, 11) is 0. The van der Waals surface area contributed by atoms with Gasteiger partial charge in [-0.15, -0.1) is 0 Å². The maximum atomic E-state index is 8.40. The van der Waals surface area contributed by atoms with Crippen LogP contribution < -0.4 is 5.32 Å². The zero-order valence-corrected chi connectivity index (χ0v) is 7.37. The fourth-order valence-electron chi connectivity index (χ4n) is 0.538. The van der Waals surface area contributed by atoms with E-state index in [4.69, 9.17) is 5.26 Å². The molecule has 0 amide bonds. The Morgan fingerprint density at radius 1 is 1.70 bits per heavy atom. The number of hydrogen-bond acceptors (Lipinski definition) is 3. The van der Waals surface area contributed by atoms with Crippen molar-refractivity contribution in [1.82, 2.24) is 5.32 Å². The lowest BCUT2D eigenvalue weighted by Gasteiger charge is -2.03. The van der Waals surface area contributed by atoms with E-state index in [1.54, 1.807) is 0 Å². The molecular weight excluding hydrogens is 144 g/mol. The topological polar surface area (TPSA) is 35.8 Å². The Labute approximate surface area is 67.0 Å². The molecule has 1 N–H and O–H groups in total. The lowest BCUT2D eigenvalue weighted by Crippen LogP contribution is -2.22. The van der Waals surface area contributed by atoms with Gasteiger partial charge in [-0.25, -0.2) is 0 Å². The van der Waals surface area contributed by atoms with E-state index in [9.17, 15) is 0 Å². The normalized spacial score (nSPS) is 12.5. The van der Waals surface area contributed by atoms with Crippen LogP contribution in [0.2, 0.25) is 0 Å². The van der Waals surface area contributed by atoms with Crippen LogP contribution in [0, 0.1) is 17.2 Å². The van der Waals surface area contributed by atoms with E-state index < -0.39 is 0 Å². The van der Waals surface area contributed by atoms with Gasteiger partial charge in [-0.3, -0.25) is 0 Å². The Kier molecular flexibility index (Phi) is 6.78. The number of nitrogens with zero attached hydrogens (tertiary/aromatic N) is 1. The summed E-state index contributed by atoms with van der Waals surface area (Å²) in [6, 6.07) is 2.17. The van der Waals surface area contributed by atoms with Crippen LogP contribution in [0.4, 0.5) is 0 Å². The van der Waals surface area contributed by atoms with Gasteiger partial charge in [0.15, 0.2) is 0 Å². The first-order chi connectivity index (χ1) is 4.81. The molecule has 2 nitrogen and oxygen atoms in total. The molecule has 0 aromatic heterocycles. The zero-order valence-electron chi connectivity index (χ0n) is 6.55. The summed E-state index contributed by atoms with van der Waals surface area (Å²) in [5, 5.41) is 11.6. The third-order valence-electron chi connectivity index (χ3n) is 1.15. The van der Waals surface area contributed by atoms with Crippen LogP contribution >= 0.6 is 11.8 Å². The lowest BCUT2D eigenvalue weighted by molar-refractivity contribution is 0.623. The molecule has 3 heteroatoms. The van der Waals surface area contributed by atoms with Crippen molar-refractivity contribution in [1.29, 1.82) is 5.26 Å². The molecule has 0 aliphatic heterocycles. The number of rotatable bonds is 5. The van der Waals surface area contributed by atoms with Gasteiger partial charge in [-0.2, -0.15) is 17.0 Å². The van der Waals surface area contributed by atoms with E-state index in [2.05, 4.69) is 17.6 Å².